The van der Waals surface area contributed by atoms with Crippen LogP contribution in [0.15, 0.2) is 48.8 Å². The molecule has 1 amide bonds. The van der Waals surface area contributed by atoms with Crippen molar-refractivity contribution in [2.45, 2.75) is 57.9 Å². The summed E-state index contributed by atoms with van der Waals surface area (Å²) in [6, 6.07) is 10.3. The molecular weight excluding hydrogens is 547 g/mol. The molecule has 3 aromatic heterocycles. The quantitative estimate of drug-likeness (QED) is 0.296. The van der Waals surface area contributed by atoms with E-state index in [2.05, 4.69) is 20.3 Å². The van der Waals surface area contributed by atoms with E-state index in [1.54, 1.807) is 17.2 Å². The number of fused-ring (bicyclic) bond motifs is 2. The van der Waals surface area contributed by atoms with E-state index in [1.165, 1.54) is 6.20 Å². The first-order valence-corrected chi connectivity index (χ1v) is 14.1. The molecule has 4 aromatic rings. The first-order chi connectivity index (χ1) is 20.2. The monoisotopic (exact) mass is 579 g/mol. The number of amides is 1. The lowest BCUT2D eigenvalue weighted by Crippen LogP contribution is -2.39. The van der Waals surface area contributed by atoms with Gasteiger partial charge in [-0.15, -0.1) is 0 Å². The summed E-state index contributed by atoms with van der Waals surface area (Å²) in [7, 11) is 0. The zero-order valence-electron chi connectivity index (χ0n) is 23.4. The lowest BCUT2D eigenvalue weighted by Gasteiger charge is -2.35. The van der Waals surface area contributed by atoms with Crippen molar-refractivity contribution < 1.29 is 27.4 Å². The molecule has 0 saturated carbocycles. The number of carbonyl (C=O) groups excluding carboxylic acids is 1. The molecule has 1 aromatic carbocycles. The third-order valence-electron chi connectivity index (χ3n) is 7.96. The second-order valence-electron chi connectivity index (χ2n) is 10.9. The molecule has 1 saturated heterocycles. The van der Waals surface area contributed by atoms with Gasteiger partial charge in [0, 0.05) is 24.6 Å². The van der Waals surface area contributed by atoms with Crippen LogP contribution in [-0.4, -0.2) is 51.5 Å². The molecule has 11 heteroatoms. The minimum absolute atomic E-state index is 0.193. The smallest absolute Gasteiger partial charge is 0.421 e. The number of benzene rings is 1. The lowest BCUT2D eigenvalue weighted by atomic mass is 9.92. The third-order valence-corrected chi connectivity index (χ3v) is 7.96. The number of rotatable bonds is 6. The van der Waals surface area contributed by atoms with Gasteiger partial charge in [0.2, 0.25) is 11.8 Å². The predicted octanol–water partition coefficient (Wildman–Crippen LogP) is 5.90. The number of hydrogen-bond donors (Lipinski definition) is 2. The highest BCUT2D eigenvalue weighted by molar-refractivity contribution is 5.83. The normalized spacial score (nSPS) is 17.7. The number of nitrogens with zero attached hydrogens (tertiary/aromatic N) is 3. The van der Waals surface area contributed by atoms with Crippen LogP contribution in [0.1, 0.15) is 53.8 Å². The molecule has 0 aliphatic carbocycles. The van der Waals surface area contributed by atoms with Gasteiger partial charge in [0.05, 0.1) is 17.8 Å². The maximum absolute atomic E-state index is 13.9. The van der Waals surface area contributed by atoms with Gasteiger partial charge in [0.1, 0.15) is 28.8 Å². The van der Waals surface area contributed by atoms with Gasteiger partial charge in [-0.25, -0.2) is 9.97 Å². The molecular formula is C31H32F3N5O3. The highest BCUT2D eigenvalue weighted by Gasteiger charge is 2.37. The topological polar surface area (TPSA) is 92.4 Å². The van der Waals surface area contributed by atoms with Crippen LogP contribution in [0.4, 0.5) is 13.2 Å². The van der Waals surface area contributed by atoms with Crippen LogP contribution in [0, 0.1) is 6.92 Å². The van der Waals surface area contributed by atoms with Gasteiger partial charge in [-0.2, -0.15) is 13.2 Å². The number of carbonyl (C=O) groups is 1. The third kappa shape index (κ3) is 5.78. The lowest BCUT2D eigenvalue weighted by molar-refractivity contribution is -0.140. The standard InChI is InChI=1S/C31H32F3N5O3/c1-18-13-25-27(7-11-36-29(25)38-18)41-23-4-3-21-8-12-39(19(2)24(21)16-23)28(40)15-20-14-26(31(32,33)34)30(37-17-20)42-22-5-9-35-10-6-22/h3-4,7,11,13-14,16-17,19,22,35H,5-6,8-10,12,15H2,1-2H3,(H,36,38)/t19-/m0/s1. The van der Waals surface area contributed by atoms with Crippen molar-refractivity contribution in [3.05, 3.63) is 76.7 Å². The highest BCUT2D eigenvalue weighted by Crippen LogP contribution is 2.38. The number of piperidine rings is 1. The Balaban J connectivity index is 1.19. The Morgan fingerprint density at radius 3 is 2.71 bits per heavy atom. The fourth-order valence-electron chi connectivity index (χ4n) is 5.78. The van der Waals surface area contributed by atoms with Gasteiger partial charge in [0.15, 0.2) is 0 Å². The average Bonchev–Trinajstić information content (AvgIpc) is 3.35. The molecule has 5 heterocycles. The van der Waals surface area contributed by atoms with E-state index < -0.39 is 17.6 Å². The molecule has 2 aliphatic heterocycles. The van der Waals surface area contributed by atoms with Crippen LogP contribution < -0.4 is 14.8 Å². The SMILES string of the molecule is Cc1cc2c(Oc3ccc4c(c3)[C@H](C)N(C(=O)Cc3cnc(OC5CCNCC5)c(C(F)(F)F)c3)CC4)ccnc2[nH]1. The number of pyridine rings is 2. The molecule has 6 rings (SSSR count). The molecule has 2 N–H and O–H groups in total. The number of ether oxygens (including phenoxy) is 2. The number of H-pyrrole nitrogens is 1. The summed E-state index contributed by atoms with van der Waals surface area (Å²) in [6.45, 7) is 5.72. The summed E-state index contributed by atoms with van der Waals surface area (Å²) in [5, 5.41) is 4.03. The fraction of sp³-hybridized carbons (Fsp3) is 0.387. The van der Waals surface area contributed by atoms with Gasteiger partial charge in [-0.3, -0.25) is 4.79 Å². The Labute approximate surface area is 241 Å². The maximum Gasteiger partial charge on any atom is 0.421 e. The van der Waals surface area contributed by atoms with E-state index in [-0.39, 0.29) is 30.0 Å². The summed E-state index contributed by atoms with van der Waals surface area (Å²) in [5.41, 5.74) is 3.01. The van der Waals surface area contributed by atoms with Crippen LogP contribution in [0.25, 0.3) is 11.0 Å². The molecule has 2 aliphatic rings. The van der Waals surface area contributed by atoms with E-state index in [4.69, 9.17) is 9.47 Å². The Hall–Kier alpha value is -4.12. The van der Waals surface area contributed by atoms with Crippen LogP contribution in [-0.2, 0) is 23.8 Å². The zero-order chi connectivity index (χ0) is 29.4. The van der Waals surface area contributed by atoms with Gasteiger partial charge < -0.3 is 24.7 Å². The van der Waals surface area contributed by atoms with E-state index in [9.17, 15) is 18.0 Å². The second kappa shape index (κ2) is 11.3. The first-order valence-electron chi connectivity index (χ1n) is 14.1. The minimum atomic E-state index is -4.65. The van der Waals surface area contributed by atoms with E-state index in [0.717, 1.165) is 33.9 Å². The largest absolute Gasteiger partial charge is 0.474 e. The van der Waals surface area contributed by atoms with Crippen LogP contribution in [0.5, 0.6) is 17.4 Å². The summed E-state index contributed by atoms with van der Waals surface area (Å²) in [6.07, 6.45) is -0.318. The molecule has 0 unspecified atom stereocenters. The number of halogens is 3. The van der Waals surface area contributed by atoms with Gasteiger partial charge in [-0.1, -0.05) is 6.07 Å². The molecule has 0 radical (unpaired) electrons. The summed E-state index contributed by atoms with van der Waals surface area (Å²) in [5.74, 6) is 0.602. The van der Waals surface area contributed by atoms with Crippen molar-refractivity contribution in [3.8, 4) is 17.4 Å². The van der Waals surface area contributed by atoms with Crippen LogP contribution in [0.2, 0.25) is 0 Å². The van der Waals surface area contributed by atoms with Gasteiger partial charge in [-0.05, 0) is 93.2 Å². The number of alkyl halides is 3. The van der Waals surface area contributed by atoms with Crippen molar-refractivity contribution in [3.63, 3.8) is 0 Å². The molecule has 220 valence electrons. The molecule has 1 fully saturated rings. The molecule has 0 spiro atoms. The van der Waals surface area contributed by atoms with E-state index in [0.29, 0.717) is 50.4 Å². The first kappa shape index (κ1) is 28.0. The number of aromatic amines is 1. The van der Waals surface area contributed by atoms with Crippen LogP contribution >= 0.6 is 0 Å². The maximum atomic E-state index is 13.9. The Kier molecular flexibility index (Phi) is 7.53. The van der Waals surface area contributed by atoms with Crippen molar-refractivity contribution in [1.29, 1.82) is 0 Å². The summed E-state index contributed by atoms with van der Waals surface area (Å²) in [4.78, 5) is 26.7. The predicted molar refractivity (Wildman–Crippen MR) is 151 cm³/mol. The second-order valence-corrected chi connectivity index (χ2v) is 10.9. The summed E-state index contributed by atoms with van der Waals surface area (Å²) >= 11 is 0. The highest BCUT2D eigenvalue weighted by atomic mass is 19.4. The van der Waals surface area contributed by atoms with Crippen molar-refractivity contribution in [2.75, 3.05) is 19.6 Å². The molecule has 8 nitrogen and oxygen atoms in total. The minimum Gasteiger partial charge on any atom is -0.474 e. The number of hydrogen-bond acceptors (Lipinski definition) is 6. The summed E-state index contributed by atoms with van der Waals surface area (Å²) < 4.78 is 53.7. The Morgan fingerprint density at radius 2 is 1.93 bits per heavy atom. The number of nitrogens with one attached hydrogen (secondary N) is 2. The zero-order valence-corrected chi connectivity index (χ0v) is 23.4. The Morgan fingerprint density at radius 1 is 1.12 bits per heavy atom. The van der Waals surface area contributed by atoms with Gasteiger partial charge in [0.25, 0.3) is 0 Å². The molecule has 0 bridgehead atoms. The van der Waals surface area contributed by atoms with Crippen LogP contribution in [0.3, 0.4) is 0 Å². The number of aromatic nitrogens is 3. The van der Waals surface area contributed by atoms with Crippen molar-refractivity contribution in [1.82, 2.24) is 25.2 Å². The fourth-order valence-corrected chi connectivity index (χ4v) is 5.78. The molecule has 42 heavy (non-hydrogen) atoms. The average molecular weight is 580 g/mol. The van der Waals surface area contributed by atoms with Crippen molar-refractivity contribution >= 4 is 16.9 Å². The Bertz CT molecular complexity index is 1610. The molecule has 1 atom stereocenters. The van der Waals surface area contributed by atoms with E-state index >= 15 is 0 Å². The van der Waals surface area contributed by atoms with Crippen molar-refractivity contribution in [2.24, 2.45) is 0 Å². The van der Waals surface area contributed by atoms with Gasteiger partial charge >= 0.3 is 6.18 Å². The number of aryl methyl sites for hydroxylation is 1. The van der Waals surface area contributed by atoms with E-state index in [1.807, 2.05) is 38.1 Å².